The fraction of sp³-hybridized carbons (Fsp3) is 0.359. The molecule has 0 spiro atoms. The van der Waals surface area contributed by atoms with Gasteiger partial charge >= 0.3 is 12.1 Å². The van der Waals surface area contributed by atoms with Crippen LogP contribution in [0.2, 0.25) is 0 Å². The van der Waals surface area contributed by atoms with Crippen LogP contribution in [0.5, 0.6) is 5.75 Å². The van der Waals surface area contributed by atoms with Crippen LogP contribution >= 0.6 is 0 Å². The quantitative estimate of drug-likeness (QED) is 0.124. The maximum absolute atomic E-state index is 13.9. The van der Waals surface area contributed by atoms with Crippen LogP contribution in [0.4, 0.5) is 9.59 Å². The maximum atomic E-state index is 13.9. The van der Waals surface area contributed by atoms with Gasteiger partial charge in [0, 0.05) is 31.0 Å². The van der Waals surface area contributed by atoms with E-state index in [9.17, 15) is 19.5 Å². The molecule has 0 aliphatic rings. The molecular weight excluding hydrogens is 648 g/mol. The number of carbonyl (C=O) groups excluding carboxylic acids is 3. The average Bonchev–Trinajstić information content (AvgIpc) is 3.14. The lowest BCUT2D eigenvalue weighted by atomic mass is 9.93. The summed E-state index contributed by atoms with van der Waals surface area (Å²) >= 11 is 0. The molecule has 2 aromatic heterocycles. The number of carbonyl (C=O) groups is 3. The predicted molar refractivity (Wildman–Crippen MR) is 194 cm³/mol. The number of urea groups is 1. The van der Waals surface area contributed by atoms with E-state index >= 15 is 0 Å². The van der Waals surface area contributed by atoms with Crippen molar-refractivity contribution >= 4 is 18.0 Å². The highest BCUT2D eigenvalue weighted by Crippen LogP contribution is 2.16. The molecule has 0 bridgehead atoms. The zero-order chi connectivity index (χ0) is 36.6. The van der Waals surface area contributed by atoms with Crippen LogP contribution < -0.4 is 20.7 Å². The highest BCUT2D eigenvalue weighted by Gasteiger charge is 2.31. The van der Waals surface area contributed by atoms with Crippen LogP contribution in [0.1, 0.15) is 42.7 Å². The minimum absolute atomic E-state index is 0.0224. The average molecular weight is 697 g/mol. The summed E-state index contributed by atoms with van der Waals surface area (Å²) in [5.41, 5.74) is 3.26. The van der Waals surface area contributed by atoms with Gasteiger partial charge in [-0.25, -0.2) is 9.59 Å². The van der Waals surface area contributed by atoms with Gasteiger partial charge in [-0.15, -0.1) is 0 Å². The van der Waals surface area contributed by atoms with Gasteiger partial charge in [0.1, 0.15) is 18.4 Å². The van der Waals surface area contributed by atoms with E-state index in [4.69, 9.17) is 9.47 Å². The third kappa shape index (κ3) is 12.7. The molecule has 0 unspecified atom stereocenters. The van der Waals surface area contributed by atoms with Gasteiger partial charge in [-0.05, 0) is 54.5 Å². The van der Waals surface area contributed by atoms with Crippen molar-refractivity contribution in [3.63, 3.8) is 0 Å². The molecule has 4 atom stereocenters. The molecule has 0 radical (unpaired) electrons. The van der Waals surface area contributed by atoms with E-state index in [1.54, 1.807) is 57.0 Å². The molecule has 0 aliphatic carbocycles. The monoisotopic (exact) mass is 696 g/mol. The summed E-state index contributed by atoms with van der Waals surface area (Å²) < 4.78 is 10.6. The molecule has 51 heavy (non-hydrogen) atoms. The van der Waals surface area contributed by atoms with Crippen LogP contribution in [0.25, 0.3) is 0 Å². The highest BCUT2D eigenvalue weighted by atomic mass is 16.5. The van der Waals surface area contributed by atoms with Crippen molar-refractivity contribution in [3.05, 3.63) is 126 Å². The number of methoxy groups -OCH3 is 1. The topological polar surface area (TPSA) is 155 Å². The third-order valence-corrected chi connectivity index (χ3v) is 8.36. The van der Waals surface area contributed by atoms with Crippen LogP contribution in [-0.4, -0.2) is 76.4 Å². The number of benzene rings is 2. The Morgan fingerprint density at radius 1 is 0.824 bits per heavy atom. The molecule has 270 valence electrons. The van der Waals surface area contributed by atoms with E-state index in [2.05, 4.69) is 25.9 Å². The molecule has 4 rings (SSSR count). The Morgan fingerprint density at radius 3 is 2.08 bits per heavy atom. The van der Waals surface area contributed by atoms with E-state index < -0.39 is 36.4 Å². The zero-order valence-electron chi connectivity index (χ0n) is 29.6. The molecule has 2 aromatic carbocycles. The van der Waals surface area contributed by atoms with Crippen LogP contribution in [-0.2, 0) is 35.5 Å². The second-order valence-electron chi connectivity index (χ2n) is 12.8. The van der Waals surface area contributed by atoms with E-state index in [0.717, 1.165) is 16.7 Å². The Bertz CT molecular complexity index is 1640. The number of amides is 4. The fourth-order valence-corrected chi connectivity index (χ4v) is 5.53. The van der Waals surface area contributed by atoms with E-state index in [0.29, 0.717) is 24.3 Å². The van der Waals surface area contributed by atoms with Crippen LogP contribution in [0, 0.1) is 5.92 Å². The van der Waals surface area contributed by atoms with Crippen molar-refractivity contribution in [1.29, 1.82) is 0 Å². The van der Waals surface area contributed by atoms with Gasteiger partial charge in [-0.3, -0.25) is 14.8 Å². The lowest BCUT2D eigenvalue weighted by molar-refractivity contribution is -0.124. The standard InChI is InChI=1S/C39H48N6O6/c1-27(2)36(44-38(48)45(3)25-31-17-18-33(50-4)24-41-31)37(47)42-32(20-28-12-7-5-8-13-28)22-35(46)34(21-29-14-9-6-10-15-29)43-39(49)51-26-30-16-11-19-40-23-30/h5-19,23-24,27,32,34-36,46H,20-22,25-26H2,1-4H3,(H,42,47)(H,43,49)(H,44,48)/t32-,34-,35-,36-/m0/s1. The smallest absolute Gasteiger partial charge is 0.407 e. The van der Waals surface area contributed by atoms with Crippen molar-refractivity contribution in [3.8, 4) is 5.75 Å². The minimum atomic E-state index is -1.07. The highest BCUT2D eigenvalue weighted by molar-refractivity contribution is 5.87. The second kappa shape index (κ2) is 19.6. The number of hydrogen-bond acceptors (Lipinski definition) is 8. The Kier molecular flexibility index (Phi) is 14.8. The molecule has 0 fully saturated rings. The first kappa shape index (κ1) is 38.3. The van der Waals surface area contributed by atoms with Crippen molar-refractivity contribution in [2.75, 3.05) is 14.2 Å². The van der Waals surface area contributed by atoms with Gasteiger partial charge in [-0.2, -0.15) is 0 Å². The summed E-state index contributed by atoms with van der Waals surface area (Å²) in [6.07, 6.45) is 3.94. The van der Waals surface area contributed by atoms with Gasteiger partial charge in [0.05, 0.1) is 37.7 Å². The van der Waals surface area contributed by atoms with Crippen LogP contribution in [0.15, 0.2) is 104 Å². The molecule has 12 nitrogen and oxygen atoms in total. The first-order chi connectivity index (χ1) is 24.6. The first-order valence-electron chi connectivity index (χ1n) is 17.0. The van der Waals surface area contributed by atoms with Crippen molar-refractivity contribution in [1.82, 2.24) is 30.8 Å². The molecular formula is C39H48N6O6. The summed E-state index contributed by atoms with van der Waals surface area (Å²) in [7, 11) is 3.19. The number of aliphatic hydroxyl groups excluding tert-OH is 1. The number of nitrogens with zero attached hydrogens (tertiary/aromatic N) is 3. The summed E-state index contributed by atoms with van der Waals surface area (Å²) in [4.78, 5) is 49.9. The molecule has 0 saturated heterocycles. The van der Waals surface area contributed by atoms with Gasteiger partial charge in [0.15, 0.2) is 0 Å². The zero-order valence-corrected chi connectivity index (χ0v) is 29.6. The van der Waals surface area contributed by atoms with Gasteiger partial charge in [0.25, 0.3) is 0 Å². The van der Waals surface area contributed by atoms with Crippen molar-refractivity contribution in [2.24, 2.45) is 5.92 Å². The number of nitrogens with one attached hydrogen (secondary N) is 3. The minimum Gasteiger partial charge on any atom is -0.495 e. The first-order valence-corrected chi connectivity index (χ1v) is 17.0. The number of rotatable bonds is 17. The third-order valence-electron chi connectivity index (χ3n) is 8.36. The molecule has 2 heterocycles. The normalized spacial score (nSPS) is 13.3. The Labute approximate surface area is 299 Å². The summed E-state index contributed by atoms with van der Waals surface area (Å²) in [5.74, 6) is -0.0164. The number of aromatic nitrogens is 2. The maximum Gasteiger partial charge on any atom is 0.407 e. The number of alkyl carbamates (subject to hydrolysis) is 1. The summed E-state index contributed by atoms with van der Waals surface area (Å²) in [6.45, 7) is 3.96. The SMILES string of the molecule is COc1ccc(CN(C)C(=O)N[C@H](C(=O)N[C@@H](Cc2ccccc2)C[C@H](O)[C@H](Cc2ccccc2)NC(=O)OCc2cccnc2)C(C)C)nc1. The largest absolute Gasteiger partial charge is 0.495 e. The molecule has 0 saturated carbocycles. The Balaban J connectivity index is 1.47. The predicted octanol–water partition coefficient (Wildman–Crippen LogP) is 4.67. The van der Waals surface area contributed by atoms with E-state index in [-0.39, 0.29) is 31.4 Å². The number of pyridine rings is 2. The lowest BCUT2D eigenvalue weighted by Gasteiger charge is -2.30. The Morgan fingerprint density at radius 2 is 1.49 bits per heavy atom. The van der Waals surface area contributed by atoms with E-state index in [1.165, 1.54) is 4.90 Å². The number of hydrogen-bond donors (Lipinski definition) is 4. The number of aliphatic hydroxyl groups is 1. The lowest BCUT2D eigenvalue weighted by Crippen LogP contribution is -2.55. The van der Waals surface area contributed by atoms with Crippen LogP contribution in [0.3, 0.4) is 0 Å². The van der Waals surface area contributed by atoms with Crippen molar-refractivity contribution in [2.45, 2.75) is 70.5 Å². The second-order valence-corrected chi connectivity index (χ2v) is 12.8. The van der Waals surface area contributed by atoms with Gasteiger partial charge in [-0.1, -0.05) is 80.6 Å². The summed E-state index contributed by atoms with van der Waals surface area (Å²) in [5, 5.41) is 20.5. The Hall–Kier alpha value is -5.49. The van der Waals surface area contributed by atoms with Gasteiger partial charge < -0.3 is 35.4 Å². The van der Waals surface area contributed by atoms with Gasteiger partial charge in [0.2, 0.25) is 5.91 Å². The summed E-state index contributed by atoms with van der Waals surface area (Å²) in [6, 6.07) is 23.7. The molecule has 4 amide bonds. The van der Waals surface area contributed by atoms with Crippen molar-refractivity contribution < 1.29 is 29.0 Å². The fourth-order valence-electron chi connectivity index (χ4n) is 5.53. The number of ether oxygens (including phenoxy) is 2. The molecule has 4 N–H and O–H groups in total. The van der Waals surface area contributed by atoms with E-state index in [1.807, 2.05) is 74.5 Å². The molecule has 4 aromatic rings. The molecule has 12 heteroatoms. The molecule has 0 aliphatic heterocycles.